The molecule has 2 aromatic heterocycles. The molecule has 0 atom stereocenters. The zero-order valence-electron chi connectivity index (χ0n) is 13.0. The molecular weight excluding hydrogens is 342 g/mol. The topological polar surface area (TPSA) is 63.5 Å². The van der Waals surface area contributed by atoms with Crippen molar-refractivity contribution in [2.24, 2.45) is 4.99 Å². The third-order valence-electron chi connectivity index (χ3n) is 3.24. The summed E-state index contributed by atoms with van der Waals surface area (Å²) in [6.45, 7) is 5.79. The van der Waals surface area contributed by atoms with Gasteiger partial charge in [0.2, 0.25) is 5.91 Å². The Morgan fingerprint density at radius 2 is 2.21 bits per heavy atom. The first-order chi connectivity index (χ1) is 11.6. The lowest BCUT2D eigenvalue weighted by Gasteiger charge is -2.03. The van der Waals surface area contributed by atoms with Gasteiger partial charge in [-0.1, -0.05) is 23.5 Å². The normalized spacial score (nSPS) is 11.6. The van der Waals surface area contributed by atoms with Crippen molar-refractivity contribution >= 4 is 50.4 Å². The second kappa shape index (κ2) is 6.94. The van der Waals surface area contributed by atoms with Crippen molar-refractivity contribution in [3.8, 4) is 0 Å². The zero-order chi connectivity index (χ0) is 17.1. The number of fused-ring (bicyclic) bond motifs is 1. The number of rotatable bonds is 4. The SMILES string of the molecule is C=CCn1c(=NC(=O)c2cccs2)sc2cc(NC(C)=O)ccc21. The maximum Gasteiger partial charge on any atom is 0.289 e. The van der Waals surface area contributed by atoms with Crippen LogP contribution in [0.3, 0.4) is 0 Å². The van der Waals surface area contributed by atoms with Gasteiger partial charge in [0.1, 0.15) is 0 Å². The molecule has 2 amide bonds. The van der Waals surface area contributed by atoms with E-state index in [0.717, 1.165) is 15.9 Å². The number of amides is 2. The van der Waals surface area contributed by atoms with E-state index in [1.165, 1.54) is 29.6 Å². The highest BCUT2D eigenvalue weighted by atomic mass is 32.1. The lowest BCUT2D eigenvalue weighted by Crippen LogP contribution is -2.16. The molecule has 1 N–H and O–H groups in total. The van der Waals surface area contributed by atoms with Crippen LogP contribution in [-0.4, -0.2) is 16.4 Å². The Bertz CT molecular complexity index is 981. The molecule has 0 bridgehead atoms. The molecule has 1 aromatic carbocycles. The number of carbonyl (C=O) groups is 2. The van der Waals surface area contributed by atoms with Gasteiger partial charge in [0.15, 0.2) is 4.80 Å². The number of nitrogens with zero attached hydrogens (tertiary/aromatic N) is 2. The molecule has 0 saturated heterocycles. The summed E-state index contributed by atoms with van der Waals surface area (Å²) in [5, 5.41) is 4.62. The van der Waals surface area contributed by atoms with Crippen molar-refractivity contribution in [2.45, 2.75) is 13.5 Å². The third kappa shape index (κ3) is 3.37. The quantitative estimate of drug-likeness (QED) is 0.725. The fourth-order valence-electron chi connectivity index (χ4n) is 2.29. The maximum atomic E-state index is 12.3. The first-order valence-electron chi connectivity index (χ1n) is 7.23. The number of hydrogen-bond donors (Lipinski definition) is 1. The number of carbonyl (C=O) groups excluding carboxylic acids is 2. The Morgan fingerprint density at radius 3 is 2.88 bits per heavy atom. The van der Waals surface area contributed by atoms with Crippen LogP contribution in [0, 0.1) is 0 Å². The second-order valence-electron chi connectivity index (χ2n) is 5.04. The van der Waals surface area contributed by atoms with Crippen molar-refractivity contribution in [3.63, 3.8) is 0 Å². The molecule has 0 aliphatic heterocycles. The van der Waals surface area contributed by atoms with Gasteiger partial charge < -0.3 is 9.88 Å². The van der Waals surface area contributed by atoms with E-state index in [4.69, 9.17) is 0 Å². The molecule has 0 fully saturated rings. The van der Waals surface area contributed by atoms with Crippen LogP contribution >= 0.6 is 22.7 Å². The van der Waals surface area contributed by atoms with E-state index in [2.05, 4.69) is 16.9 Å². The van der Waals surface area contributed by atoms with Crippen molar-refractivity contribution < 1.29 is 9.59 Å². The highest BCUT2D eigenvalue weighted by Gasteiger charge is 2.10. The van der Waals surface area contributed by atoms with Crippen molar-refractivity contribution in [1.29, 1.82) is 0 Å². The highest BCUT2D eigenvalue weighted by molar-refractivity contribution is 7.16. The number of anilines is 1. The zero-order valence-corrected chi connectivity index (χ0v) is 14.6. The van der Waals surface area contributed by atoms with Crippen LogP contribution in [0.4, 0.5) is 5.69 Å². The van der Waals surface area contributed by atoms with Gasteiger partial charge >= 0.3 is 0 Å². The van der Waals surface area contributed by atoms with E-state index in [1.54, 1.807) is 12.1 Å². The molecule has 24 heavy (non-hydrogen) atoms. The Labute approximate surface area is 146 Å². The molecule has 3 aromatic rings. The van der Waals surface area contributed by atoms with Crippen LogP contribution < -0.4 is 10.1 Å². The van der Waals surface area contributed by atoms with E-state index < -0.39 is 0 Å². The van der Waals surface area contributed by atoms with Crippen LogP contribution in [-0.2, 0) is 11.3 Å². The highest BCUT2D eigenvalue weighted by Crippen LogP contribution is 2.22. The van der Waals surface area contributed by atoms with Gasteiger partial charge in [0.25, 0.3) is 5.91 Å². The number of thiazole rings is 1. The monoisotopic (exact) mass is 357 g/mol. The minimum Gasteiger partial charge on any atom is -0.326 e. The molecule has 2 heterocycles. The lowest BCUT2D eigenvalue weighted by atomic mass is 10.3. The lowest BCUT2D eigenvalue weighted by molar-refractivity contribution is -0.114. The average molecular weight is 357 g/mol. The fraction of sp³-hybridized carbons (Fsp3) is 0.118. The van der Waals surface area contributed by atoms with Crippen LogP contribution in [0.15, 0.2) is 53.4 Å². The summed E-state index contributed by atoms with van der Waals surface area (Å²) in [7, 11) is 0. The first-order valence-corrected chi connectivity index (χ1v) is 8.92. The van der Waals surface area contributed by atoms with Crippen molar-refractivity contribution in [2.75, 3.05) is 5.32 Å². The fourth-order valence-corrected chi connectivity index (χ4v) is 3.97. The predicted molar refractivity (Wildman–Crippen MR) is 98.5 cm³/mol. The molecule has 0 radical (unpaired) electrons. The molecule has 0 spiro atoms. The van der Waals surface area contributed by atoms with Crippen molar-refractivity contribution in [3.05, 3.63) is 58.0 Å². The molecule has 0 aliphatic rings. The van der Waals surface area contributed by atoms with E-state index in [-0.39, 0.29) is 11.8 Å². The maximum absolute atomic E-state index is 12.3. The van der Waals surface area contributed by atoms with Crippen LogP contribution in [0.25, 0.3) is 10.2 Å². The van der Waals surface area contributed by atoms with Gasteiger partial charge in [-0.15, -0.1) is 17.9 Å². The molecule has 0 saturated carbocycles. The summed E-state index contributed by atoms with van der Waals surface area (Å²) >= 11 is 2.78. The standard InChI is InChI=1S/C17H15N3O2S2/c1-3-8-20-13-7-6-12(18-11(2)21)10-15(13)24-17(20)19-16(22)14-5-4-9-23-14/h3-7,9-10H,1,8H2,2H3,(H,18,21). The number of nitrogens with one attached hydrogen (secondary N) is 1. The van der Waals surface area contributed by atoms with Gasteiger partial charge in [-0.3, -0.25) is 9.59 Å². The minimum absolute atomic E-state index is 0.123. The predicted octanol–water partition coefficient (Wildman–Crippen LogP) is 3.65. The largest absolute Gasteiger partial charge is 0.326 e. The number of benzene rings is 1. The molecule has 122 valence electrons. The summed E-state index contributed by atoms with van der Waals surface area (Å²) in [6.07, 6.45) is 1.77. The third-order valence-corrected chi connectivity index (χ3v) is 5.14. The molecule has 7 heteroatoms. The Kier molecular flexibility index (Phi) is 4.73. The number of allylic oxidation sites excluding steroid dienone is 1. The molecule has 0 aliphatic carbocycles. The second-order valence-corrected chi connectivity index (χ2v) is 7.00. The Balaban J connectivity index is 2.12. The van der Waals surface area contributed by atoms with Gasteiger partial charge in [0, 0.05) is 19.2 Å². The Hall–Kier alpha value is -2.51. The molecule has 0 unspecified atom stereocenters. The van der Waals surface area contributed by atoms with E-state index in [1.807, 2.05) is 34.2 Å². The average Bonchev–Trinajstić information content (AvgIpc) is 3.16. The summed E-state index contributed by atoms with van der Waals surface area (Å²) < 4.78 is 2.89. The van der Waals surface area contributed by atoms with Gasteiger partial charge in [0.05, 0.1) is 15.1 Å². The van der Waals surface area contributed by atoms with Gasteiger partial charge in [-0.25, -0.2) is 0 Å². The molecule has 5 nitrogen and oxygen atoms in total. The smallest absolute Gasteiger partial charge is 0.289 e. The van der Waals surface area contributed by atoms with Gasteiger partial charge in [-0.05, 0) is 29.6 Å². The van der Waals surface area contributed by atoms with E-state index in [0.29, 0.717) is 16.2 Å². The summed E-state index contributed by atoms with van der Waals surface area (Å²) in [5.74, 6) is -0.376. The first kappa shape index (κ1) is 16.4. The van der Waals surface area contributed by atoms with E-state index >= 15 is 0 Å². The Morgan fingerprint density at radius 1 is 1.38 bits per heavy atom. The van der Waals surface area contributed by atoms with Crippen LogP contribution in [0.5, 0.6) is 0 Å². The minimum atomic E-state index is -0.253. The number of aromatic nitrogens is 1. The van der Waals surface area contributed by atoms with Crippen molar-refractivity contribution in [1.82, 2.24) is 4.57 Å². The van der Waals surface area contributed by atoms with Gasteiger partial charge in [-0.2, -0.15) is 4.99 Å². The molecular formula is C17H15N3O2S2. The molecule has 3 rings (SSSR count). The number of thiophene rings is 1. The van der Waals surface area contributed by atoms with Crippen LogP contribution in [0.1, 0.15) is 16.6 Å². The summed E-state index contributed by atoms with van der Waals surface area (Å²) in [6, 6.07) is 9.22. The van der Waals surface area contributed by atoms with E-state index in [9.17, 15) is 9.59 Å². The number of hydrogen-bond acceptors (Lipinski definition) is 4. The summed E-state index contributed by atoms with van der Waals surface area (Å²) in [5.41, 5.74) is 1.67. The summed E-state index contributed by atoms with van der Waals surface area (Å²) in [4.78, 5) is 29.0. The van der Waals surface area contributed by atoms with Crippen LogP contribution in [0.2, 0.25) is 0 Å².